The zero-order chi connectivity index (χ0) is 33.2. The number of hydrogen-bond acceptors (Lipinski definition) is 8. The van der Waals surface area contributed by atoms with Gasteiger partial charge in [-0.15, -0.1) is 5.10 Å². The van der Waals surface area contributed by atoms with Crippen molar-refractivity contribution in [2.24, 2.45) is 5.92 Å². The third kappa shape index (κ3) is 6.42. The Morgan fingerprint density at radius 3 is 2.59 bits per heavy atom. The molecule has 0 spiro atoms. The highest BCUT2D eigenvalue weighted by molar-refractivity contribution is 5.98. The average Bonchev–Trinajstić information content (AvgIpc) is 3.69. The summed E-state index contributed by atoms with van der Waals surface area (Å²) in [6.07, 6.45) is 4.92. The molecule has 0 bridgehead atoms. The Morgan fingerprint density at radius 1 is 1.09 bits per heavy atom. The number of carboxylic acids is 1. The number of fused-ring (bicyclic) bond motifs is 2. The van der Waals surface area contributed by atoms with Gasteiger partial charge in [-0.05, 0) is 68.1 Å². The second-order valence-corrected chi connectivity index (χ2v) is 12.0. The maximum absolute atomic E-state index is 13.7. The van der Waals surface area contributed by atoms with Gasteiger partial charge >= 0.3 is 11.6 Å². The van der Waals surface area contributed by atoms with Gasteiger partial charge in [0.05, 0.1) is 30.0 Å². The predicted molar refractivity (Wildman–Crippen MR) is 172 cm³/mol. The Bertz CT molecular complexity index is 1990. The molecule has 2 amide bonds. The van der Waals surface area contributed by atoms with Gasteiger partial charge < -0.3 is 24.6 Å². The number of benzene rings is 2. The number of carbonyl (C=O) groups is 3. The van der Waals surface area contributed by atoms with Crippen LogP contribution in [-0.4, -0.2) is 37.9 Å². The van der Waals surface area contributed by atoms with Crippen LogP contribution in [0.2, 0.25) is 0 Å². The summed E-state index contributed by atoms with van der Waals surface area (Å²) < 4.78 is 12.3. The molecule has 0 saturated carbocycles. The molecule has 240 valence electrons. The molecule has 0 radical (unpaired) electrons. The van der Waals surface area contributed by atoms with Crippen molar-refractivity contribution in [3.63, 3.8) is 0 Å². The smallest absolute Gasteiger partial charge is 0.340 e. The molecule has 0 fully saturated rings. The lowest BCUT2D eigenvalue weighted by molar-refractivity contribution is -0.136. The lowest BCUT2D eigenvalue weighted by Crippen LogP contribution is -2.47. The molecule has 12 nitrogen and oxygen atoms in total. The standard InChI is InChI=1S/C34H37N5O7/c1-6-7-8-26(32(43)35-23-10-11-24-20(4)25(17-30(40)41)33(44)46-28(24)16-23)39-18-29(37-38-39)34(5,19(2)3)36-31(42)22-9-12-27-21(15-22)13-14-45-27/h9-16,18-19,26H,6-8,17H2,1-5H3,(H,35,43)(H,36,42)(H,40,41)/t26-,34-/m0/s1. The largest absolute Gasteiger partial charge is 0.481 e. The van der Waals surface area contributed by atoms with Crippen molar-refractivity contribution in [1.82, 2.24) is 20.3 Å². The van der Waals surface area contributed by atoms with Crippen LogP contribution in [0, 0.1) is 12.8 Å². The van der Waals surface area contributed by atoms with Gasteiger partial charge in [-0.1, -0.05) is 38.8 Å². The number of anilines is 1. The molecule has 5 aromatic rings. The fraction of sp³-hybridized carbons (Fsp3) is 0.353. The molecule has 5 rings (SSSR count). The molecule has 0 aliphatic carbocycles. The number of aromatic nitrogens is 3. The molecule has 2 atom stereocenters. The minimum Gasteiger partial charge on any atom is -0.481 e. The number of hydrogen-bond donors (Lipinski definition) is 3. The zero-order valence-electron chi connectivity index (χ0n) is 26.4. The highest BCUT2D eigenvalue weighted by atomic mass is 16.4. The lowest BCUT2D eigenvalue weighted by atomic mass is 9.85. The first-order chi connectivity index (χ1) is 21.9. The van der Waals surface area contributed by atoms with Crippen molar-refractivity contribution in [1.29, 1.82) is 0 Å². The van der Waals surface area contributed by atoms with Crippen LogP contribution in [-0.2, 0) is 21.5 Å². The second-order valence-electron chi connectivity index (χ2n) is 12.0. The maximum atomic E-state index is 13.7. The van der Waals surface area contributed by atoms with Crippen LogP contribution in [0.25, 0.3) is 21.9 Å². The minimum atomic E-state index is -1.13. The van der Waals surface area contributed by atoms with Crippen molar-refractivity contribution in [3.05, 3.63) is 87.7 Å². The number of nitrogens with one attached hydrogen (secondary N) is 2. The first-order valence-electron chi connectivity index (χ1n) is 15.2. The molecule has 0 unspecified atom stereocenters. The number of aryl methyl sites for hydroxylation is 1. The number of nitrogens with zero attached hydrogens (tertiary/aromatic N) is 3. The number of amides is 2. The lowest BCUT2D eigenvalue weighted by Gasteiger charge is -2.33. The van der Waals surface area contributed by atoms with E-state index in [9.17, 15) is 19.2 Å². The summed E-state index contributed by atoms with van der Waals surface area (Å²) in [4.78, 5) is 50.7. The van der Waals surface area contributed by atoms with Crippen molar-refractivity contribution >= 4 is 45.4 Å². The molecule has 12 heteroatoms. The summed E-state index contributed by atoms with van der Waals surface area (Å²) in [6.45, 7) is 9.53. The Labute approximate surface area is 264 Å². The third-order valence-electron chi connectivity index (χ3n) is 8.62. The van der Waals surface area contributed by atoms with Crippen molar-refractivity contribution < 1.29 is 28.3 Å². The van der Waals surface area contributed by atoms with Gasteiger partial charge in [-0.2, -0.15) is 0 Å². The molecule has 2 aromatic carbocycles. The number of carbonyl (C=O) groups excluding carboxylic acids is 2. The van der Waals surface area contributed by atoms with Crippen molar-refractivity contribution in [3.8, 4) is 0 Å². The Hall–Kier alpha value is -5.26. The van der Waals surface area contributed by atoms with Gasteiger partial charge in [0.25, 0.3) is 5.91 Å². The van der Waals surface area contributed by atoms with Crippen LogP contribution < -0.4 is 16.3 Å². The van der Waals surface area contributed by atoms with Crippen LogP contribution in [0.3, 0.4) is 0 Å². The molecule has 3 heterocycles. The molecular weight excluding hydrogens is 590 g/mol. The Balaban J connectivity index is 1.39. The van der Waals surface area contributed by atoms with Gasteiger partial charge in [0, 0.05) is 28.1 Å². The van der Waals surface area contributed by atoms with Gasteiger partial charge in [0.1, 0.15) is 22.9 Å². The first-order valence-corrected chi connectivity index (χ1v) is 15.2. The molecule has 0 saturated heterocycles. The molecule has 0 aliphatic rings. The number of aliphatic carboxylic acids is 1. The monoisotopic (exact) mass is 627 g/mol. The van der Waals surface area contributed by atoms with E-state index < -0.39 is 29.6 Å². The van der Waals surface area contributed by atoms with Crippen molar-refractivity contribution in [2.45, 2.75) is 71.9 Å². The maximum Gasteiger partial charge on any atom is 0.340 e. The summed E-state index contributed by atoms with van der Waals surface area (Å²) >= 11 is 0. The second kappa shape index (κ2) is 13.0. The normalized spacial score (nSPS) is 13.5. The van der Waals surface area contributed by atoms with Crippen LogP contribution in [0.15, 0.2) is 68.6 Å². The zero-order valence-corrected chi connectivity index (χ0v) is 26.4. The van der Waals surface area contributed by atoms with E-state index in [0.717, 1.165) is 18.2 Å². The van der Waals surface area contributed by atoms with E-state index in [4.69, 9.17) is 13.9 Å². The Morgan fingerprint density at radius 2 is 1.87 bits per heavy atom. The summed E-state index contributed by atoms with van der Waals surface area (Å²) in [5.74, 6) is -1.82. The molecule has 3 N–H and O–H groups in total. The molecule has 46 heavy (non-hydrogen) atoms. The molecule has 0 aliphatic heterocycles. The highest BCUT2D eigenvalue weighted by Gasteiger charge is 2.36. The van der Waals surface area contributed by atoms with Crippen LogP contribution >= 0.6 is 0 Å². The number of rotatable bonds is 12. The van der Waals surface area contributed by atoms with E-state index in [0.29, 0.717) is 39.9 Å². The third-order valence-corrected chi connectivity index (χ3v) is 8.62. The van der Waals surface area contributed by atoms with Gasteiger partial charge in [0.2, 0.25) is 5.91 Å². The van der Waals surface area contributed by atoms with Crippen molar-refractivity contribution in [2.75, 3.05) is 5.32 Å². The fourth-order valence-electron chi connectivity index (χ4n) is 5.42. The number of unbranched alkanes of at least 4 members (excludes halogenated alkanes) is 1. The molecular formula is C34H37N5O7. The van der Waals surface area contributed by atoms with E-state index in [-0.39, 0.29) is 28.9 Å². The summed E-state index contributed by atoms with van der Waals surface area (Å²) in [5, 5.41) is 25.4. The van der Waals surface area contributed by atoms with Gasteiger partial charge in [-0.3, -0.25) is 14.4 Å². The van der Waals surface area contributed by atoms with E-state index in [1.54, 1.807) is 61.8 Å². The molecule has 3 aromatic heterocycles. The fourth-order valence-corrected chi connectivity index (χ4v) is 5.42. The van der Waals surface area contributed by atoms with Crippen LogP contribution in [0.5, 0.6) is 0 Å². The SMILES string of the molecule is CCCC[C@@H](C(=O)Nc1ccc2c(C)c(CC(=O)O)c(=O)oc2c1)n1cc([C@@](C)(NC(=O)c2ccc3occc3c2)C(C)C)nn1. The highest BCUT2D eigenvalue weighted by Crippen LogP contribution is 2.30. The predicted octanol–water partition coefficient (Wildman–Crippen LogP) is 5.74. The number of carboxylic acid groups (broad SMARTS) is 1. The topological polar surface area (TPSA) is 170 Å². The van der Waals surface area contributed by atoms with Crippen LogP contribution in [0.1, 0.15) is 80.2 Å². The van der Waals surface area contributed by atoms with E-state index >= 15 is 0 Å². The summed E-state index contributed by atoms with van der Waals surface area (Å²) in [7, 11) is 0. The van der Waals surface area contributed by atoms with Gasteiger partial charge in [-0.25, -0.2) is 9.48 Å². The van der Waals surface area contributed by atoms with Crippen LogP contribution in [0.4, 0.5) is 5.69 Å². The van der Waals surface area contributed by atoms with Gasteiger partial charge in [0.15, 0.2) is 0 Å². The first kappa shape index (κ1) is 32.1. The summed E-state index contributed by atoms with van der Waals surface area (Å²) in [6, 6.07) is 11.2. The summed E-state index contributed by atoms with van der Waals surface area (Å²) in [5.41, 5.74) is 1.29. The minimum absolute atomic E-state index is 0.0751. The average molecular weight is 628 g/mol. The number of furan rings is 1. The Kier molecular flexibility index (Phi) is 9.08. The quantitative estimate of drug-likeness (QED) is 0.146. The van der Waals surface area contributed by atoms with E-state index in [1.165, 1.54) is 4.68 Å². The van der Waals surface area contributed by atoms with E-state index in [1.807, 2.05) is 27.7 Å². The van der Waals surface area contributed by atoms with E-state index in [2.05, 4.69) is 20.9 Å².